The van der Waals surface area contributed by atoms with E-state index in [-0.39, 0.29) is 0 Å². The summed E-state index contributed by atoms with van der Waals surface area (Å²) in [5.41, 5.74) is 0. The summed E-state index contributed by atoms with van der Waals surface area (Å²) < 4.78 is 5.19. The molecule has 0 aromatic carbocycles. The largest absolute Gasteiger partial charge is 0.351 e. The summed E-state index contributed by atoms with van der Waals surface area (Å²) in [4.78, 5) is 9.61. The van der Waals surface area contributed by atoms with Crippen LogP contribution in [-0.4, -0.2) is 20.0 Å². The van der Waals surface area contributed by atoms with Crippen LogP contribution in [0.4, 0.5) is 0 Å². The molecular weight excluding hydrogens is 132 g/mol. The van der Waals surface area contributed by atoms with E-state index in [1.165, 1.54) is 7.11 Å². The Hall–Kier alpha value is -0.120. The van der Waals surface area contributed by atoms with Crippen molar-refractivity contribution in [3.63, 3.8) is 0 Å². The summed E-state index contributed by atoms with van der Waals surface area (Å²) in [7, 11) is 3.17. The molecule has 0 N–H and O–H groups in total. The van der Waals surface area contributed by atoms with E-state index in [9.17, 15) is 0 Å². The number of hydrogen-bond donors (Lipinski definition) is 0. The summed E-state index contributed by atoms with van der Waals surface area (Å²) in [5.74, 6) is -0.436. The van der Waals surface area contributed by atoms with Crippen molar-refractivity contribution in [2.75, 3.05) is 14.2 Å². The van der Waals surface area contributed by atoms with Crippen LogP contribution in [0.15, 0.2) is 0 Å². The Morgan fingerprint density at radius 1 is 1.10 bits per heavy atom. The van der Waals surface area contributed by atoms with Crippen LogP contribution in [0.5, 0.6) is 0 Å². The lowest BCUT2D eigenvalue weighted by Gasteiger charge is -2.24. The number of methoxy groups -OCH3 is 1. The van der Waals surface area contributed by atoms with Crippen molar-refractivity contribution < 1.29 is 14.5 Å². The zero-order valence-electron chi connectivity index (χ0n) is 6.55. The molecule has 0 radical (unpaired) electrons. The SMILES string of the molecule is COOC1(OC)CCCC1. The smallest absolute Gasteiger partial charge is 0.201 e. The monoisotopic (exact) mass is 146 g/mol. The Labute approximate surface area is 61.2 Å². The molecule has 1 rings (SSSR count). The number of rotatable bonds is 3. The Morgan fingerprint density at radius 2 is 1.70 bits per heavy atom. The molecule has 1 aliphatic carbocycles. The van der Waals surface area contributed by atoms with E-state index in [1.54, 1.807) is 7.11 Å². The van der Waals surface area contributed by atoms with E-state index in [1.807, 2.05) is 0 Å². The lowest BCUT2D eigenvalue weighted by Crippen LogP contribution is -2.30. The fraction of sp³-hybridized carbons (Fsp3) is 1.00. The molecule has 0 aromatic heterocycles. The van der Waals surface area contributed by atoms with E-state index < -0.39 is 5.79 Å². The maximum atomic E-state index is 5.19. The third-order valence-corrected chi connectivity index (χ3v) is 1.97. The molecule has 1 saturated carbocycles. The first-order valence-corrected chi connectivity index (χ1v) is 3.60. The Balaban J connectivity index is 2.41. The van der Waals surface area contributed by atoms with E-state index in [4.69, 9.17) is 9.62 Å². The fourth-order valence-electron chi connectivity index (χ4n) is 1.39. The quantitative estimate of drug-likeness (QED) is 0.343. The van der Waals surface area contributed by atoms with Crippen molar-refractivity contribution >= 4 is 0 Å². The lowest BCUT2D eigenvalue weighted by molar-refractivity contribution is -0.410. The van der Waals surface area contributed by atoms with Gasteiger partial charge < -0.3 is 4.74 Å². The lowest BCUT2D eigenvalue weighted by atomic mass is 10.2. The van der Waals surface area contributed by atoms with Crippen LogP contribution in [0.2, 0.25) is 0 Å². The molecular formula is C7H14O3. The highest BCUT2D eigenvalue weighted by molar-refractivity contribution is 4.75. The first-order valence-electron chi connectivity index (χ1n) is 3.60. The average molecular weight is 146 g/mol. The van der Waals surface area contributed by atoms with E-state index in [2.05, 4.69) is 4.89 Å². The number of hydrogen-bond acceptors (Lipinski definition) is 3. The van der Waals surface area contributed by atoms with Gasteiger partial charge in [-0.05, 0) is 12.8 Å². The predicted octanol–water partition coefficient (Wildman–Crippen LogP) is 1.48. The predicted molar refractivity (Wildman–Crippen MR) is 36.3 cm³/mol. The molecule has 0 aromatic rings. The normalized spacial score (nSPS) is 23.4. The third-order valence-electron chi connectivity index (χ3n) is 1.97. The van der Waals surface area contributed by atoms with Crippen molar-refractivity contribution in [1.82, 2.24) is 0 Å². The Kier molecular flexibility index (Phi) is 2.65. The zero-order valence-corrected chi connectivity index (χ0v) is 6.55. The molecule has 1 aliphatic rings. The minimum atomic E-state index is -0.436. The Bertz CT molecular complexity index is 97.0. The first kappa shape index (κ1) is 7.98. The molecule has 3 heteroatoms. The molecule has 3 nitrogen and oxygen atoms in total. The second kappa shape index (κ2) is 3.32. The summed E-state index contributed by atoms with van der Waals surface area (Å²) in [6.45, 7) is 0. The first-order chi connectivity index (χ1) is 4.83. The van der Waals surface area contributed by atoms with Crippen LogP contribution in [0, 0.1) is 0 Å². The Morgan fingerprint density at radius 3 is 2.10 bits per heavy atom. The number of ether oxygens (including phenoxy) is 1. The van der Waals surface area contributed by atoms with Gasteiger partial charge in [0.15, 0.2) is 0 Å². The highest BCUT2D eigenvalue weighted by atomic mass is 17.2. The van der Waals surface area contributed by atoms with Crippen molar-refractivity contribution in [2.45, 2.75) is 31.5 Å². The van der Waals surface area contributed by atoms with Gasteiger partial charge in [-0.1, -0.05) is 0 Å². The molecule has 0 saturated heterocycles. The molecule has 60 valence electrons. The van der Waals surface area contributed by atoms with Gasteiger partial charge in [0.05, 0.1) is 7.11 Å². The molecule has 0 unspecified atom stereocenters. The summed E-state index contributed by atoms with van der Waals surface area (Å²) in [6.07, 6.45) is 4.21. The van der Waals surface area contributed by atoms with E-state index in [0.29, 0.717) is 0 Å². The fourth-order valence-corrected chi connectivity index (χ4v) is 1.39. The molecule has 0 spiro atoms. The van der Waals surface area contributed by atoms with Crippen LogP contribution >= 0.6 is 0 Å². The average Bonchev–Trinajstić information content (AvgIpc) is 2.39. The van der Waals surface area contributed by atoms with Gasteiger partial charge in [0, 0.05) is 20.0 Å². The minimum absolute atomic E-state index is 0.436. The topological polar surface area (TPSA) is 27.7 Å². The van der Waals surface area contributed by atoms with Crippen LogP contribution < -0.4 is 0 Å². The molecule has 1 fully saturated rings. The second-order valence-electron chi connectivity index (χ2n) is 2.57. The van der Waals surface area contributed by atoms with Gasteiger partial charge in [-0.15, -0.1) is 0 Å². The summed E-state index contributed by atoms with van der Waals surface area (Å²) >= 11 is 0. The van der Waals surface area contributed by atoms with Crippen LogP contribution in [0.25, 0.3) is 0 Å². The third kappa shape index (κ3) is 1.48. The van der Waals surface area contributed by atoms with Gasteiger partial charge in [0.2, 0.25) is 5.79 Å². The van der Waals surface area contributed by atoms with Gasteiger partial charge >= 0.3 is 0 Å². The minimum Gasteiger partial charge on any atom is -0.351 e. The summed E-state index contributed by atoms with van der Waals surface area (Å²) in [5, 5.41) is 0. The summed E-state index contributed by atoms with van der Waals surface area (Å²) in [6, 6.07) is 0. The van der Waals surface area contributed by atoms with Crippen LogP contribution in [-0.2, 0) is 14.5 Å². The van der Waals surface area contributed by atoms with Gasteiger partial charge in [-0.2, -0.15) is 0 Å². The van der Waals surface area contributed by atoms with Crippen molar-refractivity contribution in [3.8, 4) is 0 Å². The van der Waals surface area contributed by atoms with Gasteiger partial charge in [0.1, 0.15) is 0 Å². The highest BCUT2D eigenvalue weighted by Gasteiger charge is 2.35. The maximum Gasteiger partial charge on any atom is 0.201 e. The highest BCUT2D eigenvalue weighted by Crippen LogP contribution is 2.33. The van der Waals surface area contributed by atoms with Crippen molar-refractivity contribution in [3.05, 3.63) is 0 Å². The zero-order chi connectivity index (χ0) is 7.45. The van der Waals surface area contributed by atoms with Crippen LogP contribution in [0.1, 0.15) is 25.7 Å². The molecule has 10 heavy (non-hydrogen) atoms. The van der Waals surface area contributed by atoms with Crippen molar-refractivity contribution in [2.24, 2.45) is 0 Å². The molecule has 0 bridgehead atoms. The standard InChI is InChI=1S/C7H14O3/c1-8-7(10-9-2)5-3-4-6-7/h3-6H2,1-2H3. The van der Waals surface area contributed by atoms with Crippen LogP contribution in [0.3, 0.4) is 0 Å². The molecule has 0 heterocycles. The maximum absolute atomic E-state index is 5.19. The van der Waals surface area contributed by atoms with E-state index in [0.717, 1.165) is 25.7 Å². The van der Waals surface area contributed by atoms with Gasteiger partial charge in [-0.3, -0.25) is 0 Å². The second-order valence-corrected chi connectivity index (χ2v) is 2.57. The van der Waals surface area contributed by atoms with Gasteiger partial charge in [0.25, 0.3) is 0 Å². The molecule has 0 aliphatic heterocycles. The van der Waals surface area contributed by atoms with Crippen molar-refractivity contribution in [1.29, 1.82) is 0 Å². The molecule has 0 amide bonds. The van der Waals surface area contributed by atoms with E-state index >= 15 is 0 Å². The molecule has 0 atom stereocenters. The van der Waals surface area contributed by atoms with Gasteiger partial charge in [-0.25, -0.2) is 9.78 Å².